The van der Waals surface area contributed by atoms with Gasteiger partial charge in [-0.15, -0.1) is 0 Å². The van der Waals surface area contributed by atoms with Crippen molar-refractivity contribution in [2.24, 2.45) is 0 Å². The topological polar surface area (TPSA) is 73.9 Å². The first-order valence-corrected chi connectivity index (χ1v) is 13.0. The molecule has 3 aliphatic rings. The number of nitrogens with one attached hydrogen (secondary N) is 1. The number of esters is 1. The fourth-order valence-electron chi connectivity index (χ4n) is 5.68. The molecule has 0 radical (unpaired) electrons. The summed E-state index contributed by atoms with van der Waals surface area (Å²) in [6.45, 7) is 2.29. The van der Waals surface area contributed by atoms with E-state index in [0.717, 1.165) is 22.4 Å². The molecule has 1 N–H and O–H groups in total. The van der Waals surface area contributed by atoms with Gasteiger partial charge in [0.05, 0.1) is 12.2 Å². The summed E-state index contributed by atoms with van der Waals surface area (Å²) in [5.41, 5.74) is 5.72. The van der Waals surface area contributed by atoms with E-state index in [1.54, 1.807) is 0 Å². The molecule has 2 atom stereocenters. The molecule has 0 bridgehead atoms. The Balaban J connectivity index is 1.34. The van der Waals surface area contributed by atoms with E-state index >= 15 is 0 Å². The molecule has 6 nitrogen and oxygen atoms in total. The molecule has 0 fully saturated rings. The zero-order valence-corrected chi connectivity index (χ0v) is 21.2. The van der Waals surface area contributed by atoms with Crippen LogP contribution in [0.15, 0.2) is 101 Å². The summed E-state index contributed by atoms with van der Waals surface area (Å²) >= 11 is 0. The van der Waals surface area contributed by atoms with Gasteiger partial charge in [0.15, 0.2) is 17.3 Å². The molecule has 0 unspecified atom stereocenters. The molecule has 0 spiro atoms. The van der Waals surface area contributed by atoms with Gasteiger partial charge in [-0.2, -0.15) is 0 Å². The van der Waals surface area contributed by atoms with Crippen molar-refractivity contribution in [1.82, 2.24) is 5.32 Å². The highest BCUT2D eigenvalue weighted by Crippen LogP contribution is 2.47. The van der Waals surface area contributed by atoms with Crippen LogP contribution >= 0.6 is 0 Å². The van der Waals surface area contributed by atoms with Gasteiger partial charge in [0.25, 0.3) is 0 Å². The number of hydrogen-bond donors (Lipinski definition) is 1. The Morgan fingerprint density at radius 3 is 2.45 bits per heavy atom. The molecule has 6 rings (SSSR count). The van der Waals surface area contributed by atoms with Crippen molar-refractivity contribution in [3.05, 3.63) is 118 Å². The second kappa shape index (κ2) is 10.2. The van der Waals surface area contributed by atoms with Crippen LogP contribution in [0.25, 0.3) is 0 Å². The Labute approximate surface area is 221 Å². The van der Waals surface area contributed by atoms with Gasteiger partial charge in [-0.25, -0.2) is 4.79 Å². The van der Waals surface area contributed by atoms with Crippen LogP contribution in [0.4, 0.5) is 0 Å². The summed E-state index contributed by atoms with van der Waals surface area (Å²) in [6, 6.07) is 25.7. The molecule has 0 aromatic heterocycles. The van der Waals surface area contributed by atoms with Crippen molar-refractivity contribution < 1.29 is 23.8 Å². The fourth-order valence-corrected chi connectivity index (χ4v) is 5.68. The maximum absolute atomic E-state index is 13.8. The highest BCUT2D eigenvalue weighted by Gasteiger charge is 2.41. The summed E-state index contributed by atoms with van der Waals surface area (Å²) in [5, 5.41) is 3.42. The molecule has 0 amide bonds. The summed E-state index contributed by atoms with van der Waals surface area (Å²) in [5.74, 6) is 0.427. The molecule has 192 valence electrons. The Kier molecular flexibility index (Phi) is 6.46. The molecule has 0 saturated heterocycles. The molecule has 0 saturated carbocycles. The molecule has 2 heterocycles. The molecule has 38 heavy (non-hydrogen) atoms. The quantitative estimate of drug-likeness (QED) is 0.440. The van der Waals surface area contributed by atoms with Crippen molar-refractivity contribution in [3.8, 4) is 11.5 Å². The van der Waals surface area contributed by atoms with Gasteiger partial charge in [-0.3, -0.25) is 4.79 Å². The number of rotatable bonds is 6. The largest absolute Gasteiger partial charge is 0.462 e. The number of carbonyl (C=O) groups is 2. The lowest BCUT2D eigenvalue weighted by atomic mass is 9.71. The molecule has 1 aliphatic carbocycles. The van der Waals surface area contributed by atoms with E-state index < -0.39 is 11.9 Å². The smallest absolute Gasteiger partial charge is 0.336 e. The van der Waals surface area contributed by atoms with Crippen molar-refractivity contribution in [2.75, 3.05) is 13.4 Å². The van der Waals surface area contributed by atoms with Gasteiger partial charge >= 0.3 is 5.97 Å². The number of carbonyl (C=O) groups excluding carboxylic acids is 2. The zero-order chi connectivity index (χ0) is 26.1. The maximum Gasteiger partial charge on any atom is 0.336 e. The molecule has 2 aliphatic heterocycles. The second-order valence-electron chi connectivity index (χ2n) is 9.91. The average Bonchev–Trinajstić information content (AvgIpc) is 3.41. The number of fused-ring (bicyclic) bond motifs is 1. The predicted octanol–water partition coefficient (Wildman–Crippen LogP) is 5.56. The first-order valence-electron chi connectivity index (χ1n) is 13.0. The van der Waals surface area contributed by atoms with Crippen molar-refractivity contribution >= 4 is 11.8 Å². The third kappa shape index (κ3) is 4.58. The minimum Gasteiger partial charge on any atom is -0.462 e. The lowest BCUT2D eigenvalue weighted by Gasteiger charge is -2.36. The summed E-state index contributed by atoms with van der Waals surface area (Å²) in [4.78, 5) is 27.3. The third-order valence-electron chi connectivity index (χ3n) is 7.52. The molecule has 3 aromatic rings. The van der Waals surface area contributed by atoms with Crippen LogP contribution in [0.2, 0.25) is 0 Å². The predicted molar refractivity (Wildman–Crippen MR) is 143 cm³/mol. The Hall–Kier alpha value is -4.32. The second-order valence-corrected chi connectivity index (χ2v) is 9.91. The van der Waals surface area contributed by atoms with Crippen LogP contribution in [-0.4, -0.2) is 25.2 Å². The summed E-state index contributed by atoms with van der Waals surface area (Å²) < 4.78 is 16.9. The van der Waals surface area contributed by atoms with E-state index in [2.05, 4.69) is 17.4 Å². The van der Waals surface area contributed by atoms with E-state index in [9.17, 15) is 9.59 Å². The van der Waals surface area contributed by atoms with Crippen LogP contribution in [0, 0.1) is 0 Å². The Morgan fingerprint density at radius 2 is 1.66 bits per heavy atom. The number of allylic oxidation sites excluding steroid dienone is 3. The standard InChI is InChI=1S/C32H29NO5/c1-20-29(32(35)36-15-14-21-8-4-2-5-9-21)30(23-12-13-27-28(18-23)38-19-37-27)31-25(33-20)16-24(17-26(31)34)22-10-6-3-7-11-22/h2-13,18,24,30,33H,14-17,19H2,1H3/t24-,30-/m1/s1. The number of Topliss-reactive ketones (excluding diaryl/α,β-unsaturated/α-hetero) is 1. The van der Waals surface area contributed by atoms with Gasteiger partial charge in [0, 0.05) is 35.7 Å². The minimum atomic E-state index is -0.547. The van der Waals surface area contributed by atoms with Gasteiger partial charge in [0.2, 0.25) is 6.79 Å². The monoisotopic (exact) mass is 507 g/mol. The fraction of sp³-hybridized carbons (Fsp3) is 0.250. The van der Waals surface area contributed by atoms with Gasteiger partial charge in [-0.05, 0) is 48.1 Å². The Bertz CT molecular complexity index is 1440. The lowest BCUT2D eigenvalue weighted by molar-refractivity contribution is -0.139. The van der Waals surface area contributed by atoms with Crippen LogP contribution in [0.3, 0.4) is 0 Å². The normalized spacial score (nSPS) is 20.2. The highest BCUT2D eigenvalue weighted by molar-refractivity contribution is 6.04. The molecule has 6 heteroatoms. The molecular formula is C32H29NO5. The van der Waals surface area contributed by atoms with Crippen LogP contribution < -0.4 is 14.8 Å². The van der Waals surface area contributed by atoms with E-state index in [4.69, 9.17) is 14.2 Å². The highest BCUT2D eigenvalue weighted by atomic mass is 16.7. The SMILES string of the molecule is CC1=C(C(=O)OCCc2ccccc2)[C@@H](c2ccc3c(c2)OCO3)C2=C(C[C@@H](c3ccccc3)CC2=O)N1. The van der Waals surface area contributed by atoms with Gasteiger partial charge < -0.3 is 19.5 Å². The van der Waals surface area contributed by atoms with E-state index in [1.807, 2.05) is 73.7 Å². The van der Waals surface area contributed by atoms with Crippen LogP contribution in [0.1, 0.15) is 48.3 Å². The molecular weight excluding hydrogens is 478 g/mol. The van der Waals surface area contributed by atoms with E-state index in [0.29, 0.717) is 47.6 Å². The van der Waals surface area contributed by atoms with Crippen molar-refractivity contribution in [3.63, 3.8) is 0 Å². The lowest BCUT2D eigenvalue weighted by Crippen LogP contribution is -2.36. The van der Waals surface area contributed by atoms with Gasteiger partial charge in [-0.1, -0.05) is 66.7 Å². The first kappa shape index (κ1) is 24.0. The number of benzene rings is 3. The number of dihydropyridines is 1. The van der Waals surface area contributed by atoms with Crippen LogP contribution in [0.5, 0.6) is 11.5 Å². The van der Waals surface area contributed by atoms with Crippen molar-refractivity contribution in [1.29, 1.82) is 0 Å². The van der Waals surface area contributed by atoms with Crippen LogP contribution in [-0.2, 0) is 20.7 Å². The van der Waals surface area contributed by atoms with E-state index in [-0.39, 0.29) is 25.1 Å². The summed E-state index contributed by atoms with van der Waals surface area (Å²) in [7, 11) is 0. The maximum atomic E-state index is 13.8. The number of hydrogen-bond acceptors (Lipinski definition) is 6. The zero-order valence-electron chi connectivity index (χ0n) is 21.2. The number of ketones is 1. The van der Waals surface area contributed by atoms with E-state index in [1.165, 1.54) is 0 Å². The minimum absolute atomic E-state index is 0.0392. The summed E-state index contributed by atoms with van der Waals surface area (Å²) in [6.07, 6.45) is 1.70. The van der Waals surface area contributed by atoms with Gasteiger partial charge in [0.1, 0.15) is 0 Å². The van der Waals surface area contributed by atoms with Crippen molar-refractivity contribution in [2.45, 2.75) is 38.0 Å². The molecule has 3 aromatic carbocycles. The third-order valence-corrected chi connectivity index (χ3v) is 7.52. The first-order chi connectivity index (χ1) is 18.6. The number of ether oxygens (including phenoxy) is 3. The average molecular weight is 508 g/mol. The Morgan fingerprint density at radius 1 is 0.921 bits per heavy atom.